The van der Waals surface area contributed by atoms with E-state index >= 15 is 13.2 Å². The molecule has 0 aromatic heterocycles. The second kappa shape index (κ2) is 8.87. The van der Waals surface area contributed by atoms with Crippen molar-refractivity contribution in [1.82, 2.24) is 0 Å². The number of alkyl halides is 18. The topological polar surface area (TPSA) is 0 Å². The number of hydrogen-bond donors (Lipinski definition) is 0. The number of rotatable bonds is 7. The molecule has 2 aromatic rings. The predicted molar refractivity (Wildman–Crippen MR) is 110 cm³/mol. The van der Waals surface area contributed by atoms with Crippen LogP contribution in [0.2, 0.25) is 0 Å². The Balaban J connectivity index is 2.30. The molecule has 41 heavy (non-hydrogen) atoms. The highest BCUT2D eigenvalue weighted by Gasteiger charge is 2.96. The van der Waals surface area contributed by atoms with Gasteiger partial charge in [0.15, 0.2) is 0 Å². The van der Waals surface area contributed by atoms with E-state index < -0.39 is 80.0 Å². The van der Waals surface area contributed by atoms with Gasteiger partial charge < -0.3 is 0 Å². The van der Waals surface area contributed by atoms with Crippen LogP contribution < -0.4 is 5.46 Å². The highest BCUT2D eigenvalue weighted by Crippen LogP contribution is 2.68. The van der Waals surface area contributed by atoms with Gasteiger partial charge in [-0.25, -0.2) is 4.39 Å². The lowest BCUT2D eigenvalue weighted by Crippen LogP contribution is -2.75. The first-order valence-corrected chi connectivity index (χ1v) is 11.1. The predicted octanol–water partition coefficient (Wildman–Crippen LogP) is 7.91. The van der Waals surface area contributed by atoms with Crippen molar-refractivity contribution in [3.05, 3.63) is 52.0 Å². The minimum absolute atomic E-state index is 0.227. The molecule has 1 atom stereocenters. The largest absolute Gasteiger partial charge is 0.460 e. The van der Waals surface area contributed by atoms with Crippen molar-refractivity contribution in [2.24, 2.45) is 0 Å². The van der Waals surface area contributed by atoms with Gasteiger partial charge in [-0.15, -0.1) is 0 Å². The lowest BCUT2D eigenvalue weighted by Gasteiger charge is -2.45. The van der Waals surface area contributed by atoms with Crippen LogP contribution in [-0.4, -0.2) is 55.5 Å². The Hall–Kier alpha value is -2.28. The number of hydrogen-bond acceptors (Lipinski definition) is 0. The van der Waals surface area contributed by atoms with Crippen molar-refractivity contribution < 1.29 is 79.0 Å². The van der Waals surface area contributed by atoms with Crippen molar-refractivity contribution in [1.29, 1.82) is 0 Å². The lowest BCUT2D eigenvalue weighted by atomic mass is 9.78. The third-order valence-electron chi connectivity index (χ3n) is 6.34. The fraction of sp³-hybridized carbons (Fsp3) is 0.429. The SMILES string of the molecule is Bc1ccc2c(c1)C(F)(C(F)(F)C(F)(F)C(F)(F)C(F)(F)C(F)(F)C(F)(F)C(F)(F)C(F)(F)F)c1cc(Br)ccc1-2. The number of benzene rings is 2. The Labute approximate surface area is 225 Å². The first kappa shape index (κ1) is 33.2. The molecule has 0 saturated heterocycles. The fourth-order valence-electron chi connectivity index (χ4n) is 4.08. The monoisotopic (exact) mass is 692 g/mol. The molecule has 0 saturated carbocycles. The molecule has 0 fully saturated rings. The molecule has 1 aliphatic rings. The Kier molecular flexibility index (Phi) is 7.19. The molecule has 2 aromatic carbocycles. The molecule has 1 unspecified atom stereocenters. The van der Waals surface area contributed by atoms with Crippen LogP contribution in [0.15, 0.2) is 40.9 Å². The van der Waals surface area contributed by atoms with Gasteiger partial charge in [-0.2, -0.15) is 74.6 Å². The summed E-state index contributed by atoms with van der Waals surface area (Å²) in [6.45, 7) is 0. The highest BCUT2D eigenvalue weighted by molar-refractivity contribution is 9.10. The summed E-state index contributed by atoms with van der Waals surface area (Å²) in [5.74, 6) is -58.6. The molecule has 0 aliphatic heterocycles. The minimum atomic E-state index is -8.80. The van der Waals surface area contributed by atoms with Crippen molar-refractivity contribution in [2.45, 2.75) is 53.3 Å². The molecule has 0 heterocycles. The molecule has 1 aliphatic carbocycles. The van der Waals surface area contributed by atoms with Crippen LogP contribution in [0.5, 0.6) is 0 Å². The molecule has 0 nitrogen and oxygen atoms in total. The van der Waals surface area contributed by atoms with Crippen LogP contribution in [0, 0.1) is 0 Å². The quantitative estimate of drug-likeness (QED) is 0.205. The summed E-state index contributed by atoms with van der Waals surface area (Å²) in [5, 5.41) is 0. The molecular formula is C21H8BBrF18. The van der Waals surface area contributed by atoms with E-state index in [-0.39, 0.29) is 11.5 Å². The molecule has 0 amide bonds. The van der Waals surface area contributed by atoms with E-state index in [9.17, 15) is 65.9 Å². The molecule has 20 heteroatoms. The molecule has 0 radical (unpaired) electrons. The van der Waals surface area contributed by atoms with Gasteiger partial charge in [-0.3, -0.25) is 0 Å². The molecule has 0 spiro atoms. The van der Waals surface area contributed by atoms with E-state index in [1.807, 2.05) is 0 Å². The van der Waals surface area contributed by atoms with E-state index in [0.717, 1.165) is 32.1 Å². The summed E-state index contributed by atoms with van der Waals surface area (Å²) in [6.07, 6.45) is -7.86. The lowest BCUT2D eigenvalue weighted by molar-refractivity contribution is -0.465. The zero-order valence-electron chi connectivity index (χ0n) is 19.1. The summed E-state index contributed by atoms with van der Waals surface area (Å²) in [5.41, 5.74) is -10.2. The molecular weight excluding hydrogens is 685 g/mol. The standard InChI is InChI=1S/C21H8BBrF18/c22-7-1-3-9-10-4-2-8(23)6-12(10)13(24,11(9)5-7)14(25,26)15(27,28)16(29,30)17(31,32)18(33,34)19(35,36)20(37,38)21(39,40)41/h1-6H,22H2. The van der Waals surface area contributed by atoms with Gasteiger partial charge in [0, 0.05) is 15.6 Å². The van der Waals surface area contributed by atoms with Gasteiger partial charge in [0.1, 0.15) is 7.85 Å². The van der Waals surface area contributed by atoms with Gasteiger partial charge in [-0.05, 0) is 23.3 Å². The summed E-state index contributed by atoms with van der Waals surface area (Å²) in [7, 11) is 1.03. The molecule has 3 rings (SSSR count). The summed E-state index contributed by atoms with van der Waals surface area (Å²) < 4.78 is 251. The third kappa shape index (κ3) is 3.86. The van der Waals surface area contributed by atoms with E-state index in [0.29, 0.717) is 6.07 Å². The first-order valence-electron chi connectivity index (χ1n) is 10.3. The van der Waals surface area contributed by atoms with Crippen LogP contribution in [0.3, 0.4) is 0 Å². The maximum Gasteiger partial charge on any atom is 0.460 e. The van der Waals surface area contributed by atoms with Gasteiger partial charge in [0.25, 0.3) is 0 Å². The Bertz CT molecular complexity index is 1310. The van der Waals surface area contributed by atoms with Gasteiger partial charge in [0.2, 0.25) is 5.67 Å². The van der Waals surface area contributed by atoms with E-state index in [4.69, 9.17) is 0 Å². The van der Waals surface area contributed by atoms with E-state index in [1.165, 1.54) is 0 Å². The maximum absolute atomic E-state index is 16.3. The Morgan fingerprint density at radius 2 is 0.878 bits per heavy atom. The van der Waals surface area contributed by atoms with Crippen molar-refractivity contribution in [3.8, 4) is 11.1 Å². The fourth-order valence-corrected chi connectivity index (χ4v) is 4.44. The van der Waals surface area contributed by atoms with Gasteiger partial charge in [-0.1, -0.05) is 45.7 Å². The summed E-state index contributed by atoms with van der Waals surface area (Å²) in [6, 6.07) is 4.28. The highest BCUT2D eigenvalue weighted by atomic mass is 79.9. The van der Waals surface area contributed by atoms with E-state index in [1.54, 1.807) is 0 Å². The first-order chi connectivity index (χ1) is 18.0. The maximum atomic E-state index is 16.3. The summed E-state index contributed by atoms with van der Waals surface area (Å²) >= 11 is 2.63. The average molecular weight is 693 g/mol. The van der Waals surface area contributed by atoms with Crippen molar-refractivity contribution >= 4 is 29.2 Å². The number of fused-ring (bicyclic) bond motifs is 3. The normalized spacial score (nSPS) is 19.3. The Morgan fingerprint density at radius 3 is 1.32 bits per heavy atom. The zero-order chi connectivity index (χ0) is 32.2. The Morgan fingerprint density at radius 1 is 0.512 bits per heavy atom. The van der Waals surface area contributed by atoms with Crippen LogP contribution in [-0.2, 0) is 5.67 Å². The van der Waals surface area contributed by atoms with Crippen molar-refractivity contribution in [2.75, 3.05) is 0 Å². The zero-order valence-corrected chi connectivity index (χ0v) is 20.7. The number of halogens is 19. The molecule has 228 valence electrons. The van der Waals surface area contributed by atoms with Crippen LogP contribution in [0.25, 0.3) is 11.1 Å². The van der Waals surface area contributed by atoms with E-state index in [2.05, 4.69) is 15.9 Å². The molecule has 0 bridgehead atoms. The smallest absolute Gasteiger partial charge is 0.226 e. The second-order valence-electron chi connectivity index (χ2n) is 8.92. The average Bonchev–Trinajstić information content (AvgIpc) is 3.06. The van der Waals surface area contributed by atoms with Gasteiger partial charge in [0.05, 0.1) is 0 Å². The van der Waals surface area contributed by atoms with Crippen LogP contribution >= 0.6 is 15.9 Å². The minimum Gasteiger partial charge on any atom is -0.226 e. The second-order valence-corrected chi connectivity index (χ2v) is 9.83. The molecule has 0 N–H and O–H groups in total. The summed E-state index contributed by atoms with van der Waals surface area (Å²) in [4.78, 5) is 0. The van der Waals surface area contributed by atoms with Gasteiger partial charge >= 0.3 is 47.6 Å². The van der Waals surface area contributed by atoms with Crippen molar-refractivity contribution in [3.63, 3.8) is 0 Å². The van der Waals surface area contributed by atoms with Crippen LogP contribution in [0.1, 0.15) is 11.1 Å². The van der Waals surface area contributed by atoms with Crippen LogP contribution in [0.4, 0.5) is 79.0 Å². The third-order valence-corrected chi connectivity index (χ3v) is 6.84.